The van der Waals surface area contributed by atoms with Gasteiger partial charge in [-0.3, -0.25) is 0 Å². The summed E-state index contributed by atoms with van der Waals surface area (Å²) in [6.45, 7) is 8.11. The summed E-state index contributed by atoms with van der Waals surface area (Å²) in [5, 5.41) is 0.899. The van der Waals surface area contributed by atoms with Gasteiger partial charge in [0.15, 0.2) is 0 Å². The summed E-state index contributed by atoms with van der Waals surface area (Å²) in [4.78, 5) is 11.6. The van der Waals surface area contributed by atoms with E-state index in [9.17, 15) is 0 Å². The molecule has 0 aliphatic carbocycles. The molecule has 1 aliphatic heterocycles. The zero-order valence-corrected chi connectivity index (χ0v) is 12.4. The van der Waals surface area contributed by atoms with Crippen molar-refractivity contribution in [1.29, 1.82) is 0 Å². The standard InChI is InChI=1S/C13H18BN3O3/c1-12(2)13(3,4)20-14(19-12)9-6-8-7-15-11(18-5)17-10(8)16-9/h6-7H,1-5H3,(H,15,16,17). The maximum atomic E-state index is 6.00. The molecule has 6 nitrogen and oxygen atoms in total. The van der Waals surface area contributed by atoms with Crippen molar-refractivity contribution in [2.45, 2.75) is 38.9 Å². The summed E-state index contributed by atoms with van der Waals surface area (Å²) in [6, 6.07) is 2.27. The van der Waals surface area contributed by atoms with Crippen molar-refractivity contribution in [1.82, 2.24) is 15.0 Å². The lowest BCUT2D eigenvalue weighted by Gasteiger charge is -2.32. The van der Waals surface area contributed by atoms with Crippen LogP contribution in [0, 0.1) is 0 Å². The van der Waals surface area contributed by atoms with Gasteiger partial charge in [-0.2, -0.15) is 4.98 Å². The van der Waals surface area contributed by atoms with Gasteiger partial charge in [-0.1, -0.05) is 0 Å². The van der Waals surface area contributed by atoms with E-state index in [4.69, 9.17) is 14.0 Å². The Labute approximate surface area is 118 Å². The first-order valence-electron chi connectivity index (χ1n) is 6.58. The van der Waals surface area contributed by atoms with E-state index in [0.29, 0.717) is 11.7 Å². The van der Waals surface area contributed by atoms with Gasteiger partial charge in [0.1, 0.15) is 5.65 Å². The van der Waals surface area contributed by atoms with E-state index < -0.39 is 7.12 Å². The molecule has 1 saturated heterocycles. The van der Waals surface area contributed by atoms with Crippen molar-refractivity contribution >= 4 is 23.7 Å². The second-order valence-corrected chi connectivity index (χ2v) is 5.97. The molecule has 0 radical (unpaired) electrons. The molecule has 0 aromatic carbocycles. The van der Waals surface area contributed by atoms with Crippen molar-refractivity contribution in [3.63, 3.8) is 0 Å². The predicted octanol–water partition coefficient (Wildman–Crippen LogP) is 1.27. The van der Waals surface area contributed by atoms with Crippen LogP contribution in [0.5, 0.6) is 6.01 Å². The van der Waals surface area contributed by atoms with E-state index in [2.05, 4.69) is 15.0 Å². The van der Waals surface area contributed by atoms with Crippen molar-refractivity contribution in [2.24, 2.45) is 0 Å². The molecule has 3 heterocycles. The third kappa shape index (κ3) is 1.97. The quantitative estimate of drug-likeness (QED) is 0.836. The lowest BCUT2D eigenvalue weighted by Crippen LogP contribution is -2.41. The first-order chi connectivity index (χ1) is 9.32. The molecule has 1 fully saturated rings. The summed E-state index contributed by atoms with van der Waals surface area (Å²) < 4.78 is 17.0. The SMILES string of the molecule is COc1ncc2cc(B3OC(C)(C)C(C)(C)O3)[nH]c2n1. The molecule has 1 N–H and O–H groups in total. The highest BCUT2D eigenvalue weighted by Crippen LogP contribution is 2.36. The molecular weight excluding hydrogens is 257 g/mol. The summed E-state index contributed by atoms with van der Waals surface area (Å²) in [6.07, 6.45) is 1.71. The van der Waals surface area contributed by atoms with E-state index in [1.54, 1.807) is 13.3 Å². The first kappa shape index (κ1) is 13.4. The highest BCUT2D eigenvalue weighted by atomic mass is 16.7. The Kier molecular flexibility index (Phi) is 2.81. The van der Waals surface area contributed by atoms with Crippen LogP contribution in [0.2, 0.25) is 0 Å². The average molecular weight is 275 g/mol. The second-order valence-electron chi connectivity index (χ2n) is 5.97. The monoisotopic (exact) mass is 275 g/mol. The largest absolute Gasteiger partial charge is 0.512 e. The number of hydrogen-bond acceptors (Lipinski definition) is 5. The third-order valence-corrected chi connectivity index (χ3v) is 4.06. The molecule has 106 valence electrons. The predicted molar refractivity (Wildman–Crippen MR) is 76.2 cm³/mol. The fourth-order valence-electron chi connectivity index (χ4n) is 2.12. The number of ether oxygens (including phenoxy) is 1. The Bertz CT molecular complexity index is 637. The minimum atomic E-state index is -0.430. The topological polar surface area (TPSA) is 69.3 Å². The fourth-order valence-corrected chi connectivity index (χ4v) is 2.12. The molecule has 0 atom stereocenters. The van der Waals surface area contributed by atoms with E-state index in [1.807, 2.05) is 33.8 Å². The molecule has 0 unspecified atom stereocenters. The maximum Gasteiger partial charge on any atom is 0.512 e. The van der Waals surface area contributed by atoms with Crippen LogP contribution in [0.15, 0.2) is 12.3 Å². The second kappa shape index (κ2) is 4.20. The number of nitrogens with one attached hydrogen (secondary N) is 1. The van der Waals surface area contributed by atoms with Gasteiger partial charge in [-0.05, 0) is 33.8 Å². The summed E-state index contributed by atoms with van der Waals surface area (Å²) in [5.74, 6) is 0. The van der Waals surface area contributed by atoms with Crippen LogP contribution < -0.4 is 10.3 Å². The number of methoxy groups -OCH3 is 1. The van der Waals surface area contributed by atoms with Gasteiger partial charge >= 0.3 is 13.1 Å². The summed E-state index contributed by atoms with van der Waals surface area (Å²) >= 11 is 0. The molecule has 1 aliphatic rings. The van der Waals surface area contributed by atoms with E-state index in [0.717, 1.165) is 11.0 Å². The van der Waals surface area contributed by atoms with Crippen LogP contribution in [0.1, 0.15) is 27.7 Å². The zero-order chi connectivity index (χ0) is 14.5. The van der Waals surface area contributed by atoms with Crippen LogP contribution in [0.3, 0.4) is 0 Å². The lowest BCUT2D eigenvalue weighted by molar-refractivity contribution is 0.00578. The molecule has 0 amide bonds. The molecular formula is C13H18BN3O3. The smallest absolute Gasteiger partial charge is 0.467 e. The van der Waals surface area contributed by atoms with Gasteiger partial charge in [-0.15, -0.1) is 0 Å². The Morgan fingerprint density at radius 2 is 1.85 bits per heavy atom. The summed E-state index contributed by atoms with van der Waals surface area (Å²) in [5.41, 5.74) is 0.819. The number of hydrogen-bond donors (Lipinski definition) is 1. The van der Waals surface area contributed by atoms with Gasteiger partial charge in [0.25, 0.3) is 0 Å². The van der Waals surface area contributed by atoms with Gasteiger partial charge < -0.3 is 19.0 Å². The number of H-pyrrole nitrogens is 1. The van der Waals surface area contributed by atoms with E-state index in [1.165, 1.54) is 0 Å². The van der Waals surface area contributed by atoms with Gasteiger partial charge in [0.2, 0.25) is 0 Å². The Morgan fingerprint density at radius 3 is 2.45 bits per heavy atom. The van der Waals surface area contributed by atoms with Gasteiger partial charge in [0, 0.05) is 17.2 Å². The highest BCUT2D eigenvalue weighted by molar-refractivity contribution is 6.61. The Balaban J connectivity index is 1.96. The third-order valence-electron chi connectivity index (χ3n) is 4.06. The van der Waals surface area contributed by atoms with Crippen LogP contribution >= 0.6 is 0 Å². The normalized spacial score (nSPS) is 20.6. The molecule has 0 spiro atoms. The highest BCUT2D eigenvalue weighted by Gasteiger charge is 2.52. The van der Waals surface area contributed by atoms with Crippen LogP contribution in [0.4, 0.5) is 0 Å². The van der Waals surface area contributed by atoms with Crippen LogP contribution in [-0.2, 0) is 9.31 Å². The number of aromatic amines is 1. The van der Waals surface area contributed by atoms with Gasteiger partial charge in [-0.25, -0.2) is 4.98 Å². The maximum absolute atomic E-state index is 6.00. The Morgan fingerprint density at radius 1 is 1.20 bits per heavy atom. The van der Waals surface area contributed by atoms with E-state index in [-0.39, 0.29) is 11.2 Å². The van der Waals surface area contributed by atoms with Crippen LogP contribution in [-0.4, -0.2) is 40.4 Å². The average Bonchev–Trinajstić information content (AvgIpc) is 2.87. The lowest BCUT2D eigenvalue weighted by atomic mass is 9.85. The molecule has 2 aromatic heterocycles. The van der Waals surface area contributed by atoms with E-state index >= 15 is 0 Å². The molecule has 0 bridgehead atoms. The van der Waals surface area contributed by atoms with Crippen LogP contribution in [0.25, 0.3) is 11.0 Å². The number of nitrogens with zero attached hydrogens (tertiary/aromatic N) is 2. The molecule has 2 aromatic rings. The zero-order valence-electron chi connectivity index (χ0n) is 12.4. The number of fused-ring (bicyclic) bond motifs is 1. The van der Waals surface area contributed by atoms with Crippen molar-refractivity contribution < 1.29 is 14.0 Å². The van der Waals surface area contributed by atoms with Crippen molar-refractivity contribution in [3.05, 3.63) is 12.3 Å². The minimum absolute atomic E-state index is 0.333. The minimum Gasteiger partial charge on any atom is -0.467 e. The fraction of sp³-hybridized carbons (Fsp3) is 0.538. The first-order valence-corrected chi connectivity index (χ1v) is 6.58. The summed E-state index contributed by atoms with van der Waals surface area (Å²) in [7, 11) is 1.11. The van der Waals surface area contributed by atoms with Crippen molar-refractivity contribution in [3.8, 4) is 6.01 Å². The number of aromatic nitrogens is 3. The van der Waals surface area contributed by atoms with Gasteiger partial charge in [0.05, 0.1) is 18.3 Å². The molecule has 7 heteroatoms. The van der Waals surface area contributed by atoms with Crippen molar-refractivity contribution in [2.75, 3.05) is 7.11 Å². The molecule has 3 rings (SSSR count). The molecule has 0 saturated carbocycles. The Hall–Kier alpha value is -1.60. The number of rotatable bonds is 2. The molecule has 20 heavy (non-hydrogen) atoms.